The van der Waals surface area contributed by atoms with E-state index in [1.54, 1.807) is 0 Å². The molecule has 1 N–H and O–H groups in total. The van der Waals surface area contributed by atoms with Crippen molar-refractivity contribution in [3.63, 3.8) is 0 Å². The Balaban J connectivity index is 3.31. The van der Waals surface area contributed by atoms with Gasteiger partial charge in [0.05, 0.1) is 15.6 Å². The Labute approximate surface area is 77.5 Å². The molecule has 0 atom stereocenters. The Bertz CT molecular complexity index is 315. The molecule has 0 aliphatic heterocycles. The monoisotopic (exact) mass is 208 g/mol. The molecule has 0 unspecified atom stereocenters. The number of carbonyl (C=O) groups is 1. The van der Waals surface area contributed by atoms with E-state index in [-0.39, 0.29) is 15.6 Å². The molecule has 0 amide bonds. The Hall–Kier alpha value is -0.800. The molecule has 0 aliphatic carbocycles. The quantitative estimate of drug-likeness (QED) is 0.722. The van der Waals surface area contributed by atoms with Crippen molar-refractivity contribution in [1.82, 2.24) is 0 Å². The van der Waals surface area contributed by atoms with Crippen LogP contribution in [0.25, 0.3) is 0 Å². The molecule has 0 spiro atoms. The first kappa shape index (κ1) is 9.29. The van der Waals surface area contributed by atoms with Gasteiger partial charge in [0, 0.05) is 0 Å². The molecule has 1 rings (SSSR count). The van der Waals surface area contributed by atoms with Crippen LogP contribution in [0, 0.1) is 5.82 Å². The average Bonchev–Trinajstić information content (AvgIpc) is 1.99. The maximum atomic E-state index is 12.7. The van der Waals surface area contributed by atoms with Gasteiger partial charge in [-0.05, 0) is 12.1 Å². The van der Waals surface area contributed by atoms with Gasteiger partial charge in [0.25, 0.3) is 0 Å². The van der Waals surface area contributed by atoms with Crippen LogP contribution in [0.15, 0.2) is 12.1 Å². The maximum Gasteiger partial charge on any atom is 0.335 e. The first-order valence-corrected chi connectivity index (χ1v) is 3.66. The Morgan fingerprint density at radius 1 is 1.42 bits per heavy atom. The number of benzene rings is 1. The van der Waals surface area contributed by atoms with E-state index >= 15 is 0 Å². The fourth-order valence-corrected chi connectivity index (χ4v) is 0.996. The summed E-state index contributed by atoms with van der Waals surface area (Å²) in [7, 11) is 0. The van der Waals surface area contributed by atoms with E-state index in [9.17, 15) is 9.18 Å². The molecule has 0 saturated heterocycles. The van der Waals surface area contributed by atoms with Crippen molar-refractivity contribution >= 4 is 29.2 Å². The molecule has 1 aromatic rings. The topological polar surface area (TPSA) is 37.3 Å². The number of rotatable bonds is 1. The summed E-state index contributed by atoms with van der Waals surface area (Å²) in [4.78, 5) is 10.3. The molecule has 0 bridgehead atoms. The highest BCUT2D eigenvalue weighted by Crippen LogP contribution is 2.26. The maximum absolute atomic E-state index is 12.7. The predicted molar refractivity (Wildman–Crippen MR) is 43.4 cm³/mol. The van der Waals surface area contributed by atoms with Gasteiger partial charge >= 0.3 is 5.97 Å². The third-order valence-corrected chi connectivity index (χ3v) is 2.01. The van der Waals surface area contributed by atoms with Crippen molar-refractivity contribution < 1.29 is 14.3 Å². The lowest BCUT2D eigenvalue weighted by Gasteiger charge is -1.99. The normalized spacial score (nSPS) is 9.92. The number of carboxylic acid groups (broad SMARTS) is 1. The van der Waals surface area contributed by atoms with Gasteiger partial charge in [0.2, 0.25) is 0 Å². The minimum absolute atomic E-state index is 0.103. The van der Waals surface area contributed by atoms with Crippen LogP contribution in [-0.2, 0) is 0 Å². The van der Waals surface area contributed by atoms with Crippen LogP contribution in [0.2, 0.25) is 10.0 Å². The zero-order valence-corrected chi connectivity index (χ0v) is 7.16. The number of hydrogen-bond donors (Lipinski definition) is 1. The minimum atomic E-state index is -1.24. The van der Waals surface area contributed by atoms with E-state index in [2.05, 4.69) is 0 Å². The van der Waals surface area contributed by atoms with Crippen molar-refractivity contribution in [3.05, 3.63) is 33.6 Å². The summed E-state index contributed by atoms with van der Waals surface area (Å²) in [5.41, 5.74) is -0.220. The van der Waals surface area contributed by atoms with Crippen molar-refractivity contribution in [2.24, 2.45) is 0 Å². The molecule has 0 heterocycles. The van der Waals surface area contributed by atoms with Gasteiger partial charge in [0.1, 0.15) is 5.82 Å². The number of halogens is 3. The Kier molecular flexibility index (Phi) is 2.55. The molecule has 5 heteroatoms. The SMILES string of the molecule is O=C(O)c1cc(F)c(Cl)c(Cl)c1. The van der Waals surface area contributed by atoms with Crippen molar-refractivity contribution in [2.45, 2.75) is 0 Å². The predicted octanol–water partition coefficient (Wildman–Crippen LogP) is 2.83. The number of hydrogen-bond acceptors (Lipinski definition) is 1. The van der Waals surface area contributed by atoms with Crippen LogP contribution in [0.4, 0.5) is 4.39 Å². The fourth-order valence-electron chi connectivity index (χ4n) is 0.679. The van der Waals surface area contributed by atoms with Crippen LogP contribution in [-0.4, -0.2) is 11.1 Å². The summed E-state index contributed by atoms with van der Waals surface area (Å²) in [5, 5.41) is 8.09. The van der Waals surface area contributed by atoms with E-state index in [0.717, 1.165) is 12.1 Å². The summed E-state index contributed by atoms with van der Waals surface area (Å²) < 4.78 is 12.7. The van der Waals surface area contributed by atoms with E-state index in [1.807, 2.05) is 0 Å². The lowest BCUT2D eigenvalue weighted by atomic mass is 10.2. The largest absolute Gasteiger partial charge is 0.478 e. The van der Waals surface area contributed by atoms with Gasteiger partial charge in [0.15, 0.2) is 0 Å². The van der Waals surface area contributed by atoms with Gasteiger partial charge in [-0.15, -0.1) is 0 Å². The third-order valence-electron chi connectivity index (χ3n) is 1.23. The molecule has 0 saturated carbocycles. The van der Waals surface area contributed by atoms with Gasteiger partial charge in [-0.3, -0.25) is 0 Å². The first-order chi connectivity index (χ1) is 5.52. The van der Waals surface area contributed by atoms with Crippen molar-refractivity contribution in [1.29, 1.82) is 0 Å². The molecule has 1 aromatic carbocycles. The standard InChI is InChI=1S/C7H3Cl2FO2/c8-4-1-3(7(11)12)2-5(10)6(4)9/h1-2H,(H,11,12). The number of carboxylic acids is 1. The molecule has 0 aliphatic rings. The van der Waals surface area contributed by atoms with Crippen molar-refractivity contribution in [2.75, 3.05) is 0 Å². The smallest absolute Gasteiger partial charge is 0.335 e. The van der Waals surface area contributed by atoms with Gasteiger partial charge in [-0.25, -0.2) is 9.18 Å². The summed E-state index contributed by atoms with van der Waals surface area (Å²) in [6.07, 6.45) is 0. The summed E-state index contributed by atoms with van der Waals surface area (Å²) in [6.45, 7) is 0. The second-order valence-electron chi connectivity index (χ2n) is 2.06. The van der Waals surface area contributed by atoms with Crippen LogP contribution < -0.4 is 0 Å². The Morgan fingerprint density at radius 3 is 2.42 bits per heavy atom. The van der Waals surface area contributed by atoms with Crippen LogP contribution in [0.5, 0.6) is 0 Å². The second-order valence-corrected chi connectivity index (χ2v) is 2.84. The van der Waals surface area contributed by atoms with Gasteiger partial charge in [-0.2, -0.15) is 0 Å². The highest BCUT2D eigenvalue weighted by Gasteiger charge is 2.10. The zero-order chi connectivity index (χ0) is 9.30. The van der Waals surface area contributed by atoms with Gasteiger partial charge in [-0.1, -0.05) is 23.2 Å². The van der Waals surface area contributed by atoms with Crippen LogP contribution >= 0.6 is 23.2 Å². The molecular formula is C7H3Cl2FO2. The molecule has 0 radical (unpaired) electrons. The van der Waals surface area contributed by atoms with Crippen LogP contribution in [0.1, 0.15) is 10.4 Å². The molecule has 0 fully saturated rings. The minimum Gasteiger partial charge on any atom is -0.478 e. The highest BCUT2D eigenvalue weighted by atomic mass is 35.5. The molecule has 2 nitrogen and oxygen atoms in total. The molecular weight excluding hydrogens is 206 g/mol. The fraction of sp³-hybridized carbons (Fsp3) is 0. The summed E-state index contributed by atoms with van der Waals surface area (Å²) >= 11 is 10.8. The highest BCUT2D eigenvalue weighted by molar-refractivity contribution is 6.42. The van der Waals surface area contributed by atoms with E-state index in [4.69, 9.17) is 28.3 Å². The zero-order valence-electron chi connectivity index (χ0n) is 5.64. The summed E-state index contributed by atoms with van der Waals surface area (Å²) in [5.74, 6) is -2.07. The lowest BCUT2D eigenvalue weighted by Crippen LogP contribution is -1.97. The van der Waals surface area contributed by atoms with Crippen molar-refractivity contribution in [3.8, 4) is 0 Å². The second kappa shape index (κ2) is 3.29. The first-order valence-electron chi connectivity index (χ1n) is 2.90. The molecule has 12 heavy (non-hydrogen) atoms. The average molecular weight is 209 g/mol. The van der Waals surface area contributed by atoms with Crippen LogP contribution in [0.3, 0.4) is 0 Å². The Morgan fingerprint density at radius 2 is 2.00 bits per heavy atom. The molecule has 64 valence electrons. The summed E-state index contributed by atoms with van der Waals surface area (Å²) in [6, 6.07) is 1.91. The van der Waals surface area contributed by atoms with E-state index in [0.29, 0.717) is 0 Å². The third kappa shape index (κ3) is 1.68. The van der Waals surface area contributed by atoms with Gasteiger partial charge < -0.3 is 5.11 Å². The van der Waals surface area contributed by atoms with E-state index < -0.39 is 11.8 Å². The molecule has 0 aromatic heterocycles. The number of aromatic carboxylic acids is 1. The van der Waals surface area contributed by atoms with E-state index in [1.165, 1.54) is 0 Å². The lowest BCUT2D eigenvalue weighted by molar-refractivity contribution is 0.0696.